The SMILES string of the molecule is C#C.CC(c1cc(Cl)cc2cn[nH]c12)C(C)(C)C1CCN(C(=O)CC#N)CC1. The highest BCUT2D eigenvalue weighted by atomic mass is 35.5. The maximum Gasteiger partial charge on any atom is 0.236 e. The number of nitrogens with zero attached hydrogens (tertiary/aromatic N) is 3. The van der Waals surface area contributed by atoms with Crippen molar-refractivity contribution in [2.45, 2.75) is 46.0 Å². The summed E-state index contributed by atoms with van der Waals surface area (Å²) in [5.41, 5.74) is 2.29. The predicted octanol–water partition coefficient (Wildman–Crippen LogP) is 4.75. The van der Waals surface area contributed by atoms with Gasteiger partial charge in [-0.25, -0.2) is 0 Å². The van der Waals surface area contributed by atoms with Crippen molar-refractivity contribution in [3.63, 3.8) is 0 Å². The zero-order valence-corrected chi connectivity index (χ0v) is 17.5. The van der Waals surface area contributed by atoms with Crippen LogP contribution in [0, 0.1) is 35.5 Å². The molecule has 1 atom stereocenters. The standard InChI is InChI=1S/C20H25ClN4O.C2H2/c1-13(17-11-16(21)10-14-12-23-24-19(14)17)20(2,3)15-5-8-25(9-6-15)18(26)4-7-22;1-2/h10-13,15H,4-6,8-9H2,1-3H3,(H,23,24);1-2H. The number of carbonyl (C=O) groups is 1. The Balaban J connectivity index is 0.00000136. The van der Waals surface area contributed by atoms with Crippen molar-refractivity contribution in [1.29, 1.82) is 5.26 Å². The van der Waals surface area contributed by atoms with Crippen LogP contribution >= 0.6 is 11.6 Å². The highest BCUT2D eigenvalue weighted by Gasteiger charge is 2.38. The molecule has 1 aliphatic rings. The fraction of sp³-hybridized carbons (Fsp3) is 0.500. The monoisotopic (exact) mass is 398 g/mol. The lowest BCUT2D eigenvalue weighted by molar-refractivity contribution is -0.132. The summed E-state index contributed by atoms with van der Waals surface area (Å²) in [4.78, 5) is 13.8. The van der Waals surface area contributed by atoms with Crippen molar-refractivity contribution >= 4 is 28.4 Å². The Kier molecular flexibility index (Phi) is 7.11. The van der Waals surface area contributed by atoms with Gasteiger partial charge in [-0.15, -0.1) is 12.8 Å². The molecule has 0 spiro atoms. The average Bonchev–Trinajstić information content (AvgIpc) is 3.17. The minimum Gasteiger partial charge on any atom is -0.342 e. The van der Waals surface area contributed by atoms with Crippen LogP contribution in [0.25, 0.3) is 10.9 Å². The van der Waals surface area contributed by atoms with Crippen LogP contribution in [0.1, 0.15) is 51.5 Å². The Hall–Kier alpha value is -2.50. The van der Waals surface area contributed by atoms with Crippen LogP contribution in [-0.4, -0.2) is 34.1 Å². The summed E-state index contributed by atoms with van der Waals surface area (Å²) >= 11 is 6.33. The first-order valence-corrected chi connectivity index (χ1v) is 9.83. The molecule has 28 heavy (non-hydrogen) atoms. The largest absolute Gasteiger partial charge is 0.342 e. The number of amides is 1. The second-order valence-electron chi connectivity index (χ2n) is 7.86. The Morgan fingerprint density at radius 3 is 2.68 bits per heavy atom. The molecule has 5 nitrogen and oxygen atoms in total. The smallest absolute Gasteiger partial charge is 0.236 e. The molecule has 0 radical (unpaired) electrons. The number of aromatic nitrogens is 2. The van der Waals surface area contributed by atoms with E-state index in [9.17, 15) is 4.79 Å². The molecule has 6 heteroatoms. The van der Waals surface area contributed by atoms with Crippen LogP contribution in [-0.2, 0) is 4.79 Å². The molecule has 1 N–H and O–H groups in total. The van der Waals surface area contributed by atoms with Crippen LogP contribution < -0.4 is 0 Å². The van der Waals surface area contributed by atoms with Gasteiger partial charge in [0.2, 0.25) is 5.91 Å². The molecule has 0 aliphatic carbocycles. The van der Waals surface area contributed by atoms with Gasteiger partial charge in [0.15, 0.2) is 0 Å². The molecule has 1 amide bonds. The van der Waals surface area contributed by atoms with Gasteiger partial charge in [0, 0.05) is 23.5 Å². The van der Waals surface area contributed by atoms with Crippen LogP contribution in [0.3, 0.4) is 0 Å². The van der Waals surface area contributed by atoms with E-state index in [1.54, 1.807) is 0 Å². The number of aromatic amines is 1. The van der Waals surface area contributed by atoms with Crippen molar-refractivity contribution in [2.24, 2.45) is 11.3 Å². The van der Waals surface area contributed by atoms with E-state index < -0.39 is 0 Å². The third-order valence-corrected chi connectivity index (χ3v) is 6.48. The van der Waals surface area contributed by atoms with Gasteiger partial charge in [0.25, 0.3) is 0 Å². The maximum atomic E-state index is 11.9. The lowest BCUT2D eigenvalue weighted by atomic mass is 9.64. The predicted molar refractivity (Wildman–Crippen MR) is 113 cm³/mol. The molecule has 3 rings (SSSR count). The van der Waals surface area contributed by atoms with E-state index in [-0.39, 0.29) is 23.7 Å². The molecule has 1 saturated heterocycles. The number of halogens is 1. The number of hydrogen-bond donors (Lipinski definition) is 1. The number of nitrogens with one attached hydrogen (secondary N) is 1. The van der Waals surface area contributed by atoms with E-state index in [1.165, 1.54) is 5.56 Å². The summed E-state index contributed by atoms with van der Waals surface area (Å²) in [5.74, 6) is 0.738. The third kappa shape index (κ3) is 4.32. The van der Waals surface area contributed by atoms with E-state index in [1.807, 2.05) is 29.3 Å². The Bertz CT molecular complexity index is 885. The lowest BCUT2D eigenvalue weighted by Gasteiger charge is -2.44. The number of H-pyrrole nitrogens is 1. The second kappa shape index (κ2) is 9.13. The van der Waals surface area contributed by atoms with Gasteiger partial charge in [-0.2, -0.15) is 10.4 Å². The summed E-state index contributed by atoms with van der Waals surface area (Å²) in [6.07, 6.45) is 11.7. The summed E-state index contributed by atoms with van der Waals surface area (Å²) in [6, 6.07) is 5.93. The lowest BCUT2D eigenvalue weighted by Crippen LogP contribution is -2.43. The van der Waals surface area contributed by atoms with Gasteiger partial charge < -0.3 is 4.90 Å². The first kappa shape index (κ1) is 21.8. The van der Waals surface area contributed by atoms with E-state index in [4.69, 9.17) is 16.9 Å². The summed E-state index contributed by atoms with van der Waals surface area (Å²) in [6.45, 7) is 8.32. The summed E-state index contributed by atoms with van der Waals surface area (Å²) in [5, 5.41) is 17.8. The molecule has 1 aliphatic heterocycles. The van der Waals surface area contributed by atoms with E-state index in [0.29, 0.717) is 5.92 Å². The third-order valence-electron chi connectivity index (χ3n) is 6.26. The van der Waals surface area contributed by atoms with Crippen LogP contribution in [0.4, 0.5) is 0 Å². The topological polar surface area (TPSA) is 72.8 Å². The Morgan fingerprint density at radius 2 is 2.07 bits per heavy atom. The first-order chi connectivity index (χ1) is 13.3. The van der Waals surface area contributed by atoms with Gasteiger partial charge in [0.05, 0.1) is 17.8 Å². The zero-order chi connectivity index (χ0) is 20.9. The van der Waals surface area contributed by atoms with Gasteiger partial charge in [0.1, 0.15) is 6.42 Å². The summed E-state index contributed by atoms with van der Waals surface area (Å²) in [7, 11) is 0. The van der Waals surface area contributed by atoms with Crippen LogP contribution in [0.2, 0.25) is 5.02 Å². The molecular weight excluding hydrogens is 372 g/mol. The molecular formula is C22H27ClN4O. The fourth-order valence-electron chi connectivity index (χ4n) is 4.20. The van der Waals surface area contributed by atoms with Gasteiger partial charge in [-0.3, -0.25) is 9.89 Å². The molecule has 1 fully saturated rings. The number of terminal acetylenes is 1. The van der Waals surface area contributed by atoms with Crippen molar-refractivity contribution < 1.29 is 4.79 Å². The number of piperidine rings is 1. The van der Waals surface area contributed by atoms with Crippen molar-refractivity contribution in [1.82, 2.24) is 15.1 Å². The van der Waals surface area contributed by atoms with Gasteiger partial charge in [-0.1, -0.05) is 32.4 Å². The zero-order valence-electron chi connectivity index (χ0n) is 16.7. The minimum atomic E-state index is -0.0502. The van der Waals surface area contributed by atoms with E-state index in [2.05, 4.69) is 43.8 Å². The summed E-state index contributed by atoms with van der Waals surface area (Å²) < 4.78 is 0. The van der Waals surface area contributed by atoms with E-state index >= 15 is 0 Å². The second-order valence-corrected chi connectivity index (χ2v) is 8.30. The number of benzene rings is 1. The first-order valence-electron chi connectivity index (χ1n) is 9.45. The molecule has 2 heterocycles. The molecule has 0 bridgehead atoms. The number of hydrogen-bond acceptors (Lipinski definition) is 3. The molecule has 2 aromatic rings. The minimum absolute atomic E-state index is 0.0230. The average molecular weight is 399 g/mol. The van der Waals surface area contributed by atoms with Crippen molar-refractivity contribution in [2.75, 3.05) is 13.1 Å². The van der Waals surface area contributed by atoms with Crippen LogP contribution in [0.5, 0.6) is 0 Å². The van der Waals surface area contributed by atoms with E-state index in [0.717, 1.165) is 41.9 Å². The number of likely N-dealkylation sites (tertiary alicyclic amines) is 1. The highest BCUT2D eigenvalue weighted by molar-refractivity contribution is 6.31. The molecule has 0 saturated carbocycles. The van der Waals surface area contributed by atoms with Crippen LogP contribution in [0.15, 0.2) is 18.3 Å². The van der Waals surface area contributed by atoms with Crippen molar-refractivity contribution in [3.05, 3.63) is 28.9 Å². The van der Waals surface area contributed by atoms with Gasteiger partial charge >= 0.3 is 0 Å². The highest BCUT2D eigenvalue weighted by Crippen LogP contribution is 2.47. The van der Waals surface area contributed by atoms with Gasteiger partial charge in [-0.05, 0) is 47.8 Å². The molecule has 148 valence electrons. The number of rotatable bonds is 4. The quantitative estimate of drug-likeness (QED) is 0.755. The number of nitriles is 1. The maximum absolute atomic E-state index is 11.9. The number of fused-ring (bicyclic) bond motifs is 1. The Morgan fingerprint density at radius 1 is 1.43 bits per heavy atom. The molecule has 1 aromatic heterocycles. The normalized spacial score (nSPS) is 16.1. The molecule has 1 unspecified atom stereocenters. The number of carbonyl (C=O) groups excluding carboxylic acids is 1. The fourth-order valence-corrected chi connectivity index (χ4v) is 4.43. The van der Waals surface area contributed by atoms with Crippen molar-refractivity contribution in [3.8, 4) is 18.9 Å². The molecule has 1 aromatic carbocycles. The Labute approximate surface area is 172 Å².